The highest BCUT2D eigenvalue weighted by atomic mass is 16.7. The van der Waals surface area contributed by atoms with Crippen molar-refractivity contribution < 1.29 is 28.8 Å². The predicted octanol–water partition coefficient (Wildman–Crippen LogP) is 4.86. The molecule has 0 bridgehead atoms. The summed E-state index contributed by atoms with van der Waals surface area (Å²) < 4.78 is 5.81. The van der Waals surface area contributed by atoms with Crippen molar-refractivity contribution in [3.8, 4) is 0 Å². The van der Waals surface area contributed by atoms with Gasteiger partial charge in [0.1, 0.15) is 6.61 Å². The summed E-state index contributed by atoms with van der Waals surface area (Å²) in [5, 5.41) is 0.605. The molecule has 1 aliphatic heterocycles. The summed E-state index contributed by atoms with van der Waals surface area (Å²) in [6, 6.07) is 0. The average molecular weight is 511 g/mol. The van der Waals surface area contributed by atoms with Gasteiger partial charge >= 0.3 is 11.9 Å². The van der Waals surface area contributed by atoms with E-state index in [0.717, 1.165) is 0 Å². The smallest absolute Gasteiger partial charge is 0.337 e. The van der Waals surface area contributed by atoms with E-state index in [0.29, 0.717) is 18.0 Å². The molecule has 0 aliphatic carbocycles. The number of hydroxylamine groups is 2. The minimum atomic E-state index is -0.954. The quantitative estimate of drug-likeness (QED) is 0.306. The SMILES string of the molecule is CN(C)CCOC(=O)C(C)(CC(C)(C)C)C(C)(C)C(C)(C)C(C(=O)ON1C(=O)CCC1=O)C(C)(C)C. The maximum atomic E-state index is 13.8. The van der Waals surface area contributed by atoms with Gasteiger partial charge in [0.15, 0.2) is 0 Å². The molecule has 0 N–H and O–H groups in total. The molecule has 208 valence electrons. The largest absolute Gasteiger partial charge is 0.464 e. The van der Waals surface area contributed by atoms with Crippen LogP contribution in [0.15, 0.2) is 0 Å². The predicted molar refractivity (Wildman–Crippen MR) is 139 cm³/mol. The van der Waals surface area contributed by atoms with E-state index >= 15 is 0 Å². The van der Waals surface area contributed by atoms with Crippen LogP contribution in [0.1, 0.15) is 95.4 Å². The standard InChI is InChI=1S/C28H50N2O6/c1-24(2,3)18-28(11,23(34)35-17-16-29(12)13)27(9,10)26(7,8)21(25(4,5)6)22(33)36-30-19(31)14-15-20(30)32/h21H,14-18H2,1-13H3. The minimum absolute atomic E-state index is 0.0314. The van der Waals surface area contributed by atoms with Gasteiger partial charge in [0.2, 0.25) is 0 Å². The van der Waals surface area contributed by atoms with Crippen molar-refractivity contribution >= 4 is 23.8 Å². The molecule has 36 heavy (non-hydrogen) atoms. The Bertz CT molecular complexity index is 831. The van der Waals surface area contributed by atoms with Gasteiger partial charge in [-0.1, -0.05) is 69.2 Å². The zero-order valence-electron chi connectivity index (χ0n) is 25.0. The van der Waals surface area contributed by atoms with E-state index in [1.165, 1.54) is 0 Å². The highest BCUT2D eigenvalue weighted by Gasteiger charge is 2.62. The van der Waals surface area contributed by atoms with Crippen molar-refractivity contribution in [2.24, 2.45) is 33.0 Å². The van der Waals surface area contributed by atoms with Crippen molar-refractivity contribution in [2.75, 3.05) is 27.2 Å². The van der Waals surface area contributed by atoms with Crippen molar-refractivity contribution in [3.63, 3.8) is 0 Å². The lowest BCUT2D eigenvalue weighted by Crippen LogP contribution is -2.58. The van der Waals surface area contributed by atoms with Crippen LogP contribution in [0.3, 0.4) is 0 Å². The molecular weight excluding hydrogens is 460 g/mol. The van der Waals surface area contributed by atoms with E-state index in [4.69, 9.17) is 9.57 Å². The molecule has 2 atom stereocenters. The number of nitrogens with zero attached hydrogens (tertiary/aromatic N) is 2. The second-order valence-corrected chi connectivity index (χ2v) is 14.1. The summed E-state index contributed by atoms with van der Waals surface area (Å²) in [6.45, 7) is 22.8. The Hall–Kier alpha value is -1.96. The number of amides is 2. The van der Waals surface area contributed by atoms with Crippen LogP contribution in [0.2, 0.25) is 0 Å². The number of carbonyl (C=O) groups excluding carboxylic acids is 4. The van der Waals surface area contributed by atoms with Crippen LogP contribution in [0.25, 0.3) is 0 Å². The Morgan fingerprint density at radius 3 is 1.75 bits per heavy atom. The lowest BCUT2D eigenvalue weighted by molar-refractivity contribution is -0.215. The van der Waals surface area contributed by atoms with Crippen LogP contribution in [0.5, 0.6) is 0 Å². The van der Waals surface area contributed by atoms with Gasteiger partial charge in [0, 0.05) is 19.4 Å². The number of rotatable bonds is 10. The summed E-state index contributed by atoms with van der Waals surface area (Å²) in [7, 11) is 3.84. The van der Waals surface area contributed by atoms with Crippen LogP contribution < -0.4 is 0 Å². The lowest BCUT2D eigenvalue weighted by Gasteiger charge is -2.57. The minimum Gasteiger partial charge on any atom is -0.464 e. The van der Waals surface area contributed by atoms with Gasteiger partial charge in [-0.05, 0) is 49.1 Å². The molecule has 1 rings (SSSR count). The maximum Gasteiger partial charge on any atom is 0.337 e. The summed E-state index contributed by atoms with van der Waals surface area (Å²) >= 11 is 0. The van der Waals surface area contributed by atoms with E-state index in [-0.39, 0.29) is 30.8 Å². The Kier molecular flexibility index (Phi) is 9.62. The average Bonchev–Trinajstić information content (AvgIpc) is 2.96. The van der Waals surface area contributed by atoms with Crippen LogP contribution in [-0.4, -0.2) is 61.0 Å². The molecule has 1 aliphatic rings. The Morgan fingerprint density at radius 1 is 0.889 bits per heavy atom. The summed E-state index contributed by atoms with van der Waals surface area (Å²) in [5.74, 6) is -2.72. The van der Waals surface area contributed by atoms with Crippen LogP contribution in [0.4, 0.5) is 0 Å². The molecule has 8 heteroatoms. The number of esters is 1. The Morgan fingerprint density at radius 2 is 1.36 bits per heavy atom. The maximum absolute atomic E-state index is 13.8. The lowest BCUT2D eigenvalue weighted by atomic mass is 9.45. The number of hydrogen-bond donors (Lipinski definition) is 0. The number of imide groups is 1. The van der Waals surface area contributed by atoms with Gasteiger partial charge in [0.25, 0.3) is 11.8 Å². The van der Waals surface area contributed by atoms with Crippen LogP contribution in [0, 0.1) is 33.0 Å². The molecule has 0 aromatic heterocycles. The van der Waals surface area contributed by atoms with E-state index < -0.39 is 45.4 Å². The zero-order chi connectivity index (χ0) is 28.5. The van der Waals surface area contributed by atoms with E-state index in [1.807, 2.05) is 74.4 Å². The molecular formula is C28H50N2O6. The van der Waals surface area contributed by atoms with Gasteiger partial charge in [0.05, 0.1) is 11.3 Å². The Balaban J connectivity index is 3.54. The third kappa shape index (κ3) is 6.87. The molecule has 0 aromatic rings. The number of hydrogen-bond acceptors (Lipinski definition) is 7. The van der Waals surface area contributed by atoms with Gasteiger partial charge < -0.3 is 14.5 Å². The van der Waals surface area contributed by atoms with Crippen molar-refractivity contribution in [3.05, 3.63) is 0 Å². The zero-order valence-corrected chi connectivity index (χ0v) is 25.0. The van der Waals surface area contributed by atoms with Crippen molar-refractivity contribution in [2.45, 2.75) is 95.4 Å². The third-order valence-electron chi connectivity index (χ3n) is 8.11. The normalized spacial score (nSPS) is 18.3. The highest BCUT2D eigenvalue weighted by molar-refractivity contribution is 6.01. The molecule has 2 amide bonds. The van der Waals surface area contributed by atoms with E-state index in [1.54, 1.807) is 0 Å². The van der Waals surface area contributed by atoms with E-state index in [2.05, 4.69) is 20.8 Å². The van der Waals surface area contributed by atoms with Gasteiger partial charge in [-0.2, -0.15) is 0 Å². The first kappa shape index (κ1) is 32.1. The number of carbonyl (C=O) groups is 4. The molecule has 0 saturated carbocycles. The third-order valence-corrected chi connectivity index (χ3v) is 8.11. The molecule has 0 spiro atoms. The first-order valence-electron chi connectivity index (χ1n) is 12.9. The number of ether oxygens (including phenoxy) is 1. The second kappa shape index (κ2) is 10.8. The fraction of sp³-hybridized carbons (Fsp3) is 0.857. The molecule has 1 fully saturated rings. The highest BCUT2D eigenvalue weighted by Crippen LogP contribution is 2.61. The molecule has 2 unspecified atom stereocenters. The first-order valence-corrected chi connectivity index (χ1v) is 12.9. The molecule has 8 nitrogen and oxygen atoms in total. The molecule has 1 heterocycles. The molecule has 0 aromatic carbocycles. The Labute approximate surface area is 218 Å². The monoisotopic (exact) mass is 510 g/mol. The van der Waals surface area contributed by atoms with Gasteiger partial charge in [-0.15, -0.1) is 5.06 Å². The van der Waals surface area contributed by atoms with Crippen LogP contribution >= 0.6 is 0 Å². The fourth-order valence-electron chi connectivity index (χ4n) is 5.69. The molecule has 0 radical (unpaired) electrons. The molecule has 1 saturated heterocycles. The summed E-state index contributed by atoms with van der Waals surface area (Å²) in [6.07, 6.45) is 0.597. The van der Waals surface area contributed by atoms with Gasteiger partial charge in [-0.25, -0.2) is 4.79 Å². The first-order chi connectivity index (χ1) is 16.0. The van der Waals surface area contributed by atoms with Crippen LogP contribution in [-0.2, 0) is 28.8 Å². The van der Waals surface area contributed by atoms with Crippen molar-refractivity contribution in [1.29, 1.82) is 0 Å². The summed E-state index contributed by atoms with van der Waals surface area (Å²) in [4.78, 5) is 59.2. The van der Waals surface area contributed by atoms with Crippen molar-refractivity contribution in [1.82, 2.24) is 9.96 Å². The van der Waals surface area contributed by atoms with E-state index in [9.17, 15) is 19.2 Å². The second-order valence-electron chi connectivity index (χ2n) is 14.1. The number of likely N-dealkylation sites (N-methyl/N-ethyl adjacent to an activating group) is 1. The topological polar surface area (TPSA) is 93.2 Å². The fourth-order valence-corrected chi connectivity index (χ4v) is 5.69. The summed E-state index contributed by atoms with van der Waals surface area (Å²) in [5.41, 5.74) is -3.33. The van der Waals surface area contributed by atoms with Gasteiger partial charge in [-0.3, -0.25) is 14.4 Å².